The summed E-state index contributed by atoms with van der Waals surface area (Å²) in [6.07, 6.45) is 2.31. The van der Waals surface area contributed by atoms with E-state index in [1.165, 1.54) is 19.4 Å². The topological polar surface area (TPSA) is 78.4 Å². The van der Waals surface area contributed by atoms with Crippen LogP contribution in [0.4, 0.5) is 0 Å². The Hall–Kier alpha value is -1.88. The molecule has 23 heavy (non-hydrogen) atoms. The van der Waals surface area contributed by atoms with E-state index in [4.69, 9.17) is 0 Å². The molecule has 2 rings (SSSR count). The van der Waals surface area contributed by atoms with Crippen molar-refractivity contribution in [1.29, 1.82) is 0 Å². The van der Waals surface area contributed by atoms with E-state index < -0.39 is 6.10 Å². The van der Waals surface area contributed by atoms with Crippen LogP contribution in [0.25, 0.3) is 0 Å². The fourth-order valence-corrected chi connectivity index (χ4v) is 3.46. The van der Waals surface area contributed by atoms with Crippen LogP contribution in [-0.2, 0) is 15.0 Å². The van der Waals surface area contributed by atoms with E-state index in [1.807, 2.05) is 18.2 Å². The van der Waals surface area contributed by atoms with Crippen LogP contribution in [0.1, 0.15) is 45.1 Å². The van der Waals surface area contributed by atoms with Gasteiger partial charge in [0, 0.05) is 25.8 Å². The smallest absolute Gasteiger partial charge is 0.217 e. The molecule has 126 valence electrons. The summed E-state index contributed by atoms with van der Waals surface area (Å²) >= 11 is 0. The first kappa shape index (κ1) is 17.5. The molecule has 1 aliphatic rings. The molecule has 0 aromatic heterocycles. The zero-order chi connectivity index (χ0) is 16.9. The zero-order valence-corrected chi connectivity index (χ0v) is 13.8. The lowest BCUT2D eigenvalue weighted by Gasteiger charge is -2.33. The highest BCUT2D eigenvalue weighted by Gasteiger charge is 2.38. The minimum Gasteiger partial charge on any atom is -0.391 e. The van der Waals surface area contributed by atoms with Gasteiger partial charge < -0.3 is 15.7 Å². The molecule has 0 bridgehead atoms. The molecule has 1 aromatic carbocycles. The van der Waals surface area contributed by atoms with Crippen molar-refractivity contribution in [1.82, 2.24) is 10.6 Å². The number of benzene rings is 1. The molecule has 0 heterocycles. The Morgan fingerprint density at radius 2 is 1.78 bits per heavy atom. The summed E-state index contributed by atoms with van der Waals surface area (Å²) in [5, 5.41) is 16.1. The van der Waals surface area contributed by atoms with Crippen LogP contribution < -0.4 is 10.6 Å². The molecule has 1 fully saturated rings. The number of aliphatic hydroxyl groups is 1. The molecular formula is C18H26N2O3. The van der Waals surface area contributed by atoms with Crippen molar-refractivity contribution in [3.05, 3.63) is 35.9 Å². The van der Waals surface area contributed by atoms with Gasteiger partial charge in [0.25, 0.3) is 0 Å². The Balaban J connectivity index is 2.24. The summed E-state index contributed by atoms with van der Waals surface area (Å²) in [5.41, 5.74) is 0.964. The molecule has 3 N–H and O–H groups in total. The van der Waals surface area contributed by atoms with Crippen molar-refractivity contribution < 1.29 is 14.7 Å². The number of aliphatic hydroxyl groups excluding tert-OH is 1. The third kappa shape index (κ3) is 4.55. The number of hydrogen-bond donors (Lipinski definition) is 3. The first-order valence-corrected chi connectivity index (χ1v) is 8.18. The van der Waals surface area contributed by atoms with Crippen molar-refractivity contribution >= 4 is 11.8 Å². The molecule has 5 nitrogen and oxygen atoms in total. The normalized spacial score (nSPS) is 27.8. The fraction of sp³-hybridized carbons (Fsp3) is 0.556. The van der Waals surface area contributed by atoms with E-state index in [0.29, 0.717) is 19.4 Å². The third-order valence-electron chi connectivity index (χ3n) is 4.77. The summed E-state index contributed by atoms with van der Waals surface area (Å²) < 4.78 is 0. The quantitative estimate of drug-likeness (QED) is 0.736. The standard InChI is InChI=1S/C18H26N2O3/c1-13(21)19-12-18(15-6-4-3-5-7-15)10-8-16(20-14(2)22)17(23)9-11-18/h3-7,16-17,23H,8-12H2,1-2H3,(H,19,21)(H,20,22)/t16-,17-,18-/m0/s1. The van der Waals surface area contributed by atoms with E-state index in [2.05, 4.69) is 22.8 Å². The second-order valence-electron chi connectivity index (χ2n) is 6.51. The fourth-order valence-electron chi connectivity index (χ4n) is 3.46. The van der Waals surface area contributed by atoms with Crippen molar-refractivity contribution in [2.24, 2.45) is 0 Å². The average molecular weight is 318 g/mol. The zero-order valence-electron chi connectivity index (χ0n) is 13.8. The number of carbonyl (C=O) groups excluding carboxylic acids is 2. The van der Waals surface area contributed by atoms with Gasteiger partial charge in [-0.05, 0) is 31.2 Å². The SMILES string of the molecule is CC(=O)NC[C@]1(c2ccccc2)CC[C@H](NC(C)=O)[C@@H](O)CC1. The molecular weight excluding hydrogens is 292 g/mol. The Kier molecular flexibility index (Phi) is 5.77. The summed E-state index contributed by atoms with van der Waals surface area (Å²) in [7, 11) is 0. The van der Waals surface area contributed by atoms with E-state index >= 15 is 0 Å². The van der Waals surface area contributed by atoms with Crippen LogP contribution in [0.5, 0.6) is 0 Å². The van der Waals surface area contributed by atoms with Gasteiger partial charge in [-0.3, -0.25) is 9.59 Å². The Morgan fingerprint density at radius 1 is 1.13 bits per heavy atom. The molecule has 1 aromatic rings. The van der Waals surface area contributed by atoms with Gasteiger partial charge in [-0.1, -0.05) is 30.3 Å². The molecule has 0 saturated heterocycles. The van der Waals surface area contributed by atoms with Gasteiger partial charge in [-0.2, -0.15) is 0 Å². The Labute approximate surface area is 137 Å². The molecule has 0 radical (unpaired) electrons. The maximum Gasteiger partial charge on any atom is 0.217 e. The van der Waals surface area contributed by atoms with Crippen molar-refractivity contribution in [3.63, 3.8) is 0 Å². The molecule has 3 atom stereocenters. The molecule has 2 amide bonds. The second kappa shape index (κ2) is 7.59. The van der Waals surface area contributed by atoms with Gasteiger partial charge in [0.1, 0.15) is 0 Å². The largest absolute Gasteiger partial charge is 0.391 e. The monoisotopic (exact) mass is 318 g/mol. The van der Waals surface area contributed by atoms with Crippen LogP contribution in [0, 0.1) is 0 Å². The maximum atomic E-state index is 11.4. The van der Waals surface area contributed by atoms with Crippen molar-refractivity contribution in [2.45, 2.75) is 57.1 Å². The molecule has 5 heteroatoms. The number of hydrogen-bond acceptors (Lipinski definition) is 3. The average Bonchev–Trinajstić information content (AvgIpc) is 2.67. The second-order valence-corrected chi connectivity index (χ2v) is 6.51. The highest BCUT2D eigenvalue weighted by Crippen LogP contribution is 2.38. The van der Waals surface area contributed by atoms with Crippen LogP contribution in [-0.4, -0.2) is 35.6 Å². The van der Waals surface area contributed by atoms with E-state index in [-0.39, 0.29) is 23.3 Å². The minimum atomic E-state index is -0.554. The van der Waals surface area contributed by atoms with Gasteiger partial charge in [0.05, 0.1) is 12.1 Å². The summed E-state index contributed by atoms with van der Waals surface area (Å²) in [6, 6.07) is 9.89. The van der Waals surface area contributed by atoms with E-state index in [1.54, 1.807) is 0 Å². The van der Waals surface area contributed by atoms with Gasteiger partial charge in [0.2, 0.25) is 11.8 Å². The highest BCUT2D eigenvalue weighted by molar-refractivity contribution is 5.73. The number of carbonyl (C=O) groups is 2. The van der Waals surface area contributed by atoms with Crippen molar-refractivity contribution in [2.75, 3.05) is 6.54 Å². The summed E-state index contributed by atoms with van der Waals surface area (Å²) in [6.45, 7) is 3.54. The van der Waals surface area contributed by atoms with Crippen LogP contribution >= 0.6 is 0 Å². The van der Waals surface area contributed by atoms with Gasteiger partial charge >= 0.3 is 0 Å². The summed E-state index contributed by atoms with van der Waals surface area (Å²) in [5.74, 6) is -0.174. The lowest BCUT2D eigenvalue weighted by atomic mass is 9.74. The molecule has 0 aliphatic heterocycles. The van der Waals surface area contributed by atoms with Gasteiger partial charge in [-0.25, -0.2) is 0 Å². The number of rotatable bonds is 4. The van der Waals surface area contributed by atoms with Gasteiger partial charge in [0.15, 0.2) is 0 Å². The molecule has 1 saturated carbocycles. The molecule has 1 aliphatic carbocycles. The predicted octanol–water partition coefficient (Wildman–Crippen LogP) is 1.50. The first-order chi connectivity index (χ1) is 10.9. The highest BCUT2D eigenvalue weighted by atomic mass is 16.3. The first-order valence-electron chi connectivity index (χ1n) is 8.18. The Bertz CT molecular complexity index is 546. The van der Waals surface area contributed by atoms with Crippen LogP contribution in [0.15, 0.2) is 30.3 Å². The lowest BCUT2D eigenvalue weighted by molar-refractivity contribution is -0.120. The molecule has 0 spiro atoms. The summed E-state index contributed by atoms with van der Waals surface area (Å²) in [4.78, 5) is 22.7. The lowest BCUT2D eigenvalue weighted by Crippen LogP contribution is -2.42. The van der Waals surface area contributed by atoms with E-state index in [9.17, 15) is 14.7 Å². The maximum absolute atomic E-state index is 11.4. The number of amides is 2. The molecule has 0 unspecified atom stereocenters. The number of nitrogens with one attached hydrogen (secondary N) is 2. The van der Waals surface area contributed by atoms with Crippen LogP contribution in [0.3, 0.4) is 0 Å². The Morgan fingerprint density at radius 3 is 2.39 bits per heavy atom. The minimum absolute atomic E-state index is 0.0523. The predicted molar refractivity (Wildman–Crippen MR) is 88.9 cm³/mol. The third-order valence-corrected chi connectivity index (χ3v) is 4.77. The van der Waals surface area contributed by atoms with Crippen LogP contribution in [0.2, 0.25) is 0 Å². The van der Waals surface area contributed by atoms with Crippen molar-refractivity contribution in [3.8, 4) is 0 Å². The van der Waals surface area contributed by atoms with E-state index in [0.717, 1.165) is 12.8 Å². The van der Waals surface area contributed by atoms with Gasteiger partial charge in [-0.15, -0.1) is 0 Å².